The molecule has 1 atom stereocenters. The molecule has 418 valence electrons. The van der Waals surface area contributed by atoms with Gasteiger partial charge in [-0.1, -0.05) is 266 Å². The van der Waals surface area contributed by atoms with Crippen LogP contribution in [0.25, 0.3) is 0 Å². The van der Waals surface area contributed by atoms with E-state index in [4.69, 9.17) is 14.2 Å². The molecule has 0 amide bonds. The van der Waals surface area contributed by atoms with Crippen molar-refractivity contribution in [3.63, 3.8) is 0 Å². The third kappa shape index (κ3) is 59.1. The number of carbonyl (C=O) groups excluding carboxylic acids is 3. The fraction of sp³-hybridized carbons (Fsp3) is 0.716. The first-order chi connectivity index (χ1) is 36.0. The number of hydrogen-bond donors (Lipinski definition) is 0. The molecular weight excluding hydrogens is 901 g/mol. The second-order valence-electron chi connectivity index (χ2n) is 20.2. The number of rotatable bonds is 55. The number of allylic oxidation sites excluding steroid dienone is 15. The average molecular weight is 1020 g/mol. The second kappa shape index (κ2) is 60.9. The van der Waals surface area contributed by atoms with Gasteiger partial charge in [-0.05, 0) is 103 Å². The van der Waals surface area contributed by atoms with Crippen molar-refractivity contribution in [3.8, 4) is 0 Å². The molecule has 0 saturated carbocycles. The van der Waals surface area contributed by atoms with Gasteiger partial charge in [-0.25, -0.2) is 0 Å². The highest BCUT2D eigenvalue weighted by Gasteiger charge is 2.19. The number of unbranched alkanes of at least 4 members (excludes halogenated alkanes) is 29. The van der Waals surface area contributed by atoms with Crippen molar-refractivity contribution in [3.05, 3.63) is 97.2 Å². The Kier molecular flexibility index (Phi) is 57.8. The van der Waals surface area contributed by atoms with Crippen LogP contribution < -0.4 is 0 Å². The van der Waals surface area contributed by atoms with Gasteiger partial charge >= 0.3 is 17.9 Å². The zero-order valence-corrected chi connectivity index (χ0v) is 47.9. The van der Waals surface area contributed by atoms with Gasteiger partial charge in [0.2, 0.25) is 0 Å². The van der Waals surface area contributed by atoms with Gasteiger partial charge in [-0.3, -0.25) is 14.4 Å². The summed E-state index contributed by atoms with van der Waals surface area (Å²) in [6.07, 6.45) is 81.5. The zero-order chi connectivity index (χ0) is 52.9. The smallest absolute Gasteiger partial charge is 0.309 e. The lowest BCUT2D eigenvalue weighted by Crippen LogP contribution is -2.30. The molecule has 73 heavy (non-hydrogen) atoms. The summed E-state index contributed by atoms with van der Waals surface area (Å²) in [6, 6.07) is 0. The molecule has 0 aromatic carbocycles. The minimum Gasteiger partial charge on any atom is -0.462 e. The van der Waals surface area contributed by atoms with Crippen molar-refractivity contribution >= 4 is 17.9 Å². The summed E-state index contributed by atoms with van der Waals surface area (Å²) < 4.78 is 16.8. The van der Waals surface area contributed by atoms with Gasteiger partial charge in [0.05, 0.1) is 6.42 Å². The molecule has 0 aromatic heterocycles. The Balaban J connectivity index is 4.42. The molecule has 6 heteroatoms. The highest BCUT2D eigenvalue weighted by atomic mass is 16.6. The fourth-order valence-electron chi connectivity index (χ4n) is 8.48. The van der Waals surface area contributed by atoms with Crippen LogP contribution >= 0.6 is 0 Å². The summed E-state index contributed by atoms with van der Waals surface area (Å²) in [5.41, 5.74) is 0. The Morgan fingerprint density at radius 1 is 0.301 bits per heavy atom. The Hall–Kier alpha value is -3.67. The minimum atomic E-state index is -0.822. The molecule has 1 unspecified atom stereocenters. The van der Waals surface area contributed by atoms with Crippen LogP contribution in [-0.4, -0.2) is 37.2 Å². The Morgan fingerprint density at radius 3 is 0.973 bits per heavy atom. The number of ether oxygens (including phenoxy) is 3. The Labute approximate surface area is 451 Å². The Morgan fingerprint density at radius 2 is 0.589 bits per heavy atom. The fourth-order valence-corrected chi connectivity index (χ4v) is 8.48. The molecule has 0 fully saturated rings. The summed E-state index contributed by atoms with van der Waals surface area (Å²) in [6.45, 7) is 6.44. The first-order valence-electron chi connectivity index (χ1n) is 30.7. The van der Waals surface area contributed by atoms with Crippen LogP contribution in [-0.2, 0) is 28.6 Å². The molecule has 0 spiro atoms. The van der Waals surface area contributed by atoms with Gasteiger partial charge in [-0.15, -0.1) is 0 Å². The first-order valence-corrected chi connectivity index (χ1v) is 30.7. The van der Waals surface area contributed by atoms with Crippen molar-refractivity contribution in [1.29, 1.82) is 0 Å². The number of hydrogen-bond acceptors (Lipinski definition) is 6. The van der Waals surface area contributed by atoms with Crippen molar-refractivity contribution in [2.24, 2.45) is 0 Å². The first kappa shape index (κ1) is 69.3. The van der Waals surface area contributed by atoms with Crippen LogP contribution in [0.1, 0.15) is 290 Å². The topological polar surface area (TPSA) is 78.9 Å². The molecule has 0 aromatic rings. The van der Waals surface area contributed by atoms with Crippen LogP contribution in [0.15, 0.2) is 97.2 Å². The normalized spacial score (nSPS) is 12.8. The molecule has 0 aliphatic heterocycles. The van der Waals surface area contributed by atoms with E-state index in [1.54, 1.807) is 6.08 Å². The van der Waals surface area contributed by atoms with Gasteiger partial charge in [0.15, 0.2) is 6.10 Å². The van der Waals surface area contributed by atoms with E-state index in [1.165, 1.54) is 173 Å². The van der Waals surface area contributed by atoms with E-state index in [1.807, 2.05) is 6.08 Å². The molecule has 0 saturated heterocycles. The van der Waals surface area contributed by atoms with E-state index >= 15 is 0 Å². The van der Waals surface area contributed by atoms with Gasteiger partial charge in [0, 0.05) is 12.8 Å². The van der Waals surface area contributed by atoms with Gasteiger partial charge in [0.1, 0.15) is 13.2 Å². The Bertz CT molecular complexity index is 1440. The monoisotopic (exact) mass is 1010 g/mol. The quantitative estimate of drug-likeness (QED) is 0.0261. The SMILES string of the molecule is CC/C=C\C/C=C\C/C=C\C/C=C\C/C=C\CC(=O)OCC(COC(=O)CCCCCCCCCCCCC/C=C\C/C=C\CCCCCCC)OC(=O)CCCCCCCCC/C=C\CCCCCCCC. The van der Waals surface area contributed by atoms with Crippen molar-refractivity contribution in [2.75, 3.05) is 13.2 Å². The second-order valence-corrected chi connectivity index (χ2v) is 20.2. The minimum absolute atomic E-state index is 0.110. The van der Waals surface area contributed by atoms with E-state index in [0.717, 1.165) is 77.0 Å². The van der Waals surface area contributed by atoms with Crippen LogP contribution in [0.3, 0.4) is 0 Å². The highest BCUT2D eigenvalue weighted by molar-refractivity contribution is 5.72. The third-order valence-electron chi connectivity index (χ3n) is 13.1. The summed E-state index contributed by atoms with van der Waals surface area (Å²) in [5, 5.41) is 0. The van der Waals surface area contributed by atoms with E-state index in [-0.39, 0.29) is 31.6 Å². The molecule has 0 aliphatic carbocycles. The van der Waals surface area contributed by atoms with Crippen molar-refractivity contribution < 1.29 is 28.6 Å². The van der Waals surface area contributed by atoms with E-state index in [9.17, 15) is 14.4 Å². The predicted molar refractivity (Wildman–Crippen MR) is 316 cm³/mol. The van der Waals surface area contributed by atoms with Crippen LogP contribution in [0, 0.1) is 0 Å². The largest absolute Gasteiger partial charge is 0.462 e. The lowest BCUT2D eigenvalue weighted by atomic mass is 10.0. The maximum Gasteiger partial charge on any atom is 0.309 e. The molecule has 0 aliphatic rings. The van der Waals surface area contributed by atoms with E-state index < -0.39 is 12.1 Å². The molecule has 6 nitrogen and oxygen atoms in total. The van der Waals surface area contributed by atoms with E-state index in [0.29, 0.717) is 12.8 Å². The van der Waals surface area contributed by atoms with Gasteiger partial charge in [0.25, 0.3) is 0 Å². The third-order valence-corrected chi connectivity index (χ3v) is 13.1. The van der Waals surface area contributed by atoms with Crippen molar-refractivity contribution in [1.82, 2.24) is 0 Å². The molecular formula is C67H114O6. The predicted octanol–water partition coefficient (Wildman–Crippen LogP) is 20.9. The molecule has 0 bridgehead atoms. The van der Waals surface area contributed by atoms with Crippen LogP contribution in [0.5, 0.6) is 0 Å². The van der Waals surface area contributed by atoms with Gasteiger partial charge in [-0.2, -0.15) is 0 Å². The number of carbonyl (C=O) groups is 3. The maximum absolute atomic E-state index is 12.9. The van der Waals surface area contributed by atoms with Crippen LogP contribution in [0.4, 0.5) is 0 Å². The molecule has 0 rings (SSSR count). The zero-order valence-electron chi connectivity index (χ0n) is 47.9. The highest BCUT2D eigenvalue weighted by Crippen LogP contribution is 2.15. The summed E-state index contributed by atoms with van der Waals surface area (Å²) in [7, 11) is 0. The molecule has 0 radical (unpaired) electrons. The summed E-state index contributed by atoms with van der Waals surface area (Å²) >= 11 is 0. The lowest BCUT2D eigenvalue weighted by Gasteiger charge is -2.18. The summed E-state index contributed by atoms with van der Waals surface area (Å²) in [4.78, 5) is 38.2. The number of esters is 3. The van der Waals surface area contributed by atoms with Crippen LogP contribution in [0.2, 0.25) is 0 Å². The molecule has 0 heterocycles. The van der Waals surface area contributed by atoms with E-state index in [2.05, 4.69) is 106 Å². The molecule has 0 N–H and O–H groups in total. The summed E-state index contributed by atoms with van der Waals surface area (Å²) in [5.74, 6) is -1.04. The maximum atomic E-state index is 12.9. The standard InChI is InChI=1S/C67H114O6/c1-4-7-10-13-16-19-22-25-28-30-31-32-33-34-35-37-39-42-45-48-51-54-57-60-66(69)72-63-64(62-71-65(68)59-56-53-50-47-44-41-38-27-24-21-18-15-12-9-6-3)73-67(70)61-58-55-52-49-46-43-40-36-29-26-23-20-17-14-11-8-5-2/h9,12,18,21-22,25-27,29-31,38,44,47,53,56,64H,4-8,10-11,13-17,19-20,23-24,28,32-37,39-43,45-46,48-52,54-55,57-63H2,1-3H3/b12-9-,21-18-,25-22-,29-26-,31-30-,38-27-,47-44-,56-53-. The average Bonchev–Trinajstić information content (AvgIpc) is 3.39. The lowest BCUT2D eigenvalue weighted by molar-refractivity contribution is -0.166. The van der Waals surface area contributed by atoms with Crippen molar-refractivity contribution in [2.45, 2.75) is 297 Å². The van der Waals surface area contributed by atoms with Gasteiger partial charge < -0.3 is 14.2 Å².